The molecule has 1 fully saturated rings. The molecule has 0 N–H and O–H groups in total. The van der Waals surface area contributed by atoms with Gasteiger partial charge in [-0.3, -0.25) is 4.79 Å². The summed E-state index contributed by atoms with van der Waals surface area (Å²) in [6, 6.07) is 21.5. The molecule has 1 aliphatic carbocycles. The first-order chi connectivity index (χ1) is 11.7. The molecule has 0 atom stereocenters. The van der Waals surface area contributed by atoms with Gasteiger partial charge in [-0.25, -0.2) is 0 Å². The van der Waals surface area contributed by atoms with Gasteiger partial charge in [-0.15, -0.1) is 0 Å². The van der Waals surface area contributed by atoms with Gasteiger partial charge in [-0.2, -0.15) is 0 Å². The van der Waals surface area contributed by atoms with Crippen molar-refractivity contribution in [1.82, 2.24) is 4.90 Å². The van der Waals surface area contributed by atoms with Crippen LogP contribution in [0.3, 0.4) is 0 Å². The summed E-state index contributed by atoms with van der Waals surface area (Å²) in [6.07, 6.45) is 6.05. The van der Waals surface area contributed by atoms with Crippen LogP contribution in [0.4, 0.5) is 0 Å². The van der Waals surface area contributed by atoms with Crippen LogP contribution in [0.2, 0.25) is 0 Å². The molecule has 24 heavy (non-hydrogen) atoms. The van der Waals surface area contributed by atoms with Crippen molar-refractivity contribution in [2.75, 3.05) is 7.05 Å². The summed E-state index contributed by atoms with van der Waals surface area (Å²) in [5.74, 6) is 0.942. The normalized spacial score (nSPS) is 20.5. The lowest BCUT2D eigenvalue weighted by molar-refractivity contribution is -0.132. The van der Waals surface area contributed by atoms with Gasteiger partial charge < -0.3 is 4.90 Å². The molecule has 0 bridgehead atoms. The third-order valence-electron chi connectivity index (χ3n) is 5.38. The maximum absolute atomic E-state index is 12.5. The van der Waals surface area contributed by atoms with E-state index in [4.69, 9.17) is 0 Å². The first-order valence-corrected chi connectivity index (χ1v) is 9.08. The highest BCUT2D eigenvalue weighted by Crippen LogP contribution is 2.34. The van der Waals surface area contributed by atoms with E-state index in [0.717, 1.165) is 19.3 Å². The summed E-state index contributed by atoms with van der Waals surface area (Å²) in [5.41, 5.74) is 2.70. The molecular formula is C22H27NO. The molecule has 0 aliphatic heterocycles. The number of hydrogen-bond donors (Lipinski definition) is 0. The molecule has 0 saturated heterocycles. The average molecular weight is 321 g/mol. The predicted molar refractivity (Wildman–Crippen MR) is 99.0 cm³/mol. The maximum Gasteiger partial charge on any atom is 0.222 e. The number of benzene rings is 2. The zero-order valence-corrected chi connectivity index (χ0v) is 14.5. The fourth-order valence-corrected chi connectivity index (χ4v) is 3.80. The van der Waals surface area contributed by atoms with Crippen molar-refractivity contribution < 1.29 is 4.79 Å². The fraction of sp³-hybridized carbons (Fsp3) is 0.409. The summed E-state index contributed by atoms with van der Waals surface area (Å²) in [6.45, 7) is 0. The second-order valence-electron chi connectivity index (χ2n) is 6.91. The van der Waals surface area contributed by atoms with Crippen LogP contribution in [0.5, 0.6) is 0 Å². The van der Waals surface area contributed by atoms with Gasteiger partial charge in [0.25, 0.3) is 0 Å². The van der Waals surface area contributed by atoms with Crippen molar-refractivity contribution in [2.24, 2.45) is 0 Å². The minimum Gasteiger partial charge on any atom is -0.343 e. The van der Waals surface area contributed by atoms with Gasteiger partial charge in [0.05, 0.1) is 0 Å². The lowest BCUT2D eigenvalue weighted by Gasteiger charge is -2.35. The molecule has 1 aliphatic rings. The Hall–Kier alpha value is -2.09. The maximum atomic E-state index is 12.5. The molecule has 1 saturated carbocycles. The van der Waals surface area contributed by atoms with Crippen molar-refractivity contribution in [1.29, 1.82) is 0 Å². The van der Waals surface area contributed by atoms with Crippen LogP contribution in [0.1, 0.15) is 49.1 Å². The number of carbonyl (C=O) groups excluding carboxylic acids is 1. The first kappa shape index (κ1) is 16.8. The topological polar surface area (TPSA) is 20.3 Å². The van der Waals surface area contributed by atoms with Gasteiger partial charge >= 0.3 is 0 Å². The second kappa shape index (κ2) is 8.14. The van der Waals surface area contributed by atoms with Crippen molar-refractivity contribution >= 4 is 5.91 Å². The Balaban J connectivity index is 1.47. The van der Waals surface area contributed by atoms with Crippen LogP contribution in [0, 0.1) is 0 Å². The average Bonchev–Trinajstić information content (AvgIpc) is 2.67. The second-order valence-corrected chi connectivity index (χ2v) is 6.91. The molecule has 2 heteroatoms. The SMILES string of the molecule is CN(C(=O)CCc1ccccc1)C1CCC(c2ccccc2)CC1. The number of rotatable bonds is 5. The highest BCUT2D eigenvalue weighted by Gasteiger charge is 2.26. The quantitative estimate of drug-likeness (QED) is 0.774. The number of hydrogen-bond acceptors (Lipinski definition) is 1. The molecule has 0 heterocycles. The summed E-state index contributed by atoms with van der Waals surface area (Å²) < 4.78 is 0. The van der Waals surface area contributed by atoms with Gasteiger partial charge in [-0.05, 0) is 49.1 Å². The minimum atomic E-state index is 0.280. The molecule has 0 radical (unpaired) electrons. The summed E-state index contributed by atoms with van der Waals surface area (Å²) >= 11 is 0. The smallest absolute Gasteiger partial charge is 0.222 e. The Bertz CT molecular complexity index is 630. The van der Waals surface area contributed by atoms with Crippen molar-refractivity contribution in [3.63, 3.8) is 0 Å². The van der Waals surface area contributed by atoms with E-state index in [0.29, 0.717) is 18.4 Å². The highest BCUT2D eigenvalue weighted by atomic mass is 16.2. The third-order valence-corrected chi connectivity index (χ3v) is 5.38. The summed E-state index contributed by atoms with van der Waals surface area (Å²) in [7, 11) is 1.99. The van der Waals surface area contributed by atoms with Crippen LogP contribution < -0.4 is 0 Å². The summed E-state index contributed by atoms with van der Waals surface area (Å²) in [5, 5.41) is 0. The molecule has 1 amide bonds. The van der Waals surface area contributed by atoms with Crippen LogP contribution in [0.25, 0.3) is 0 Å². The zero-order chi connectivity index (χ0) is 16.8. The lowest BCUT2D eigenvalue weighted by Crippen LogP contribution is -2.39. The molecule has 0 spiro atoms. The van der Waals surface area contributed by atoms with E-state index in [1.807, 2.05) is 30.1 Å². The van der Waals surface area contributed by atoms with Gasteiger partial charge in [0.15, 0.2) is 0 Å². The number of aryl methyl sites for hydroxylation is 1. The highest BCUT2D eigenvalue weighted by molar-refractivity contribution is 5.76. The van der Waals surface area contributed by atoms with E-state index in [1.54, 1.807) is 0 Å². The Labute approximate surface area is 145 Å². The van der Waals surface area contributed by atoms with Gasteiger partial charge in [0.1, 0.15) is 0 Å². The zero-order valence-electron chi connectivity index (χ0n) is 14.5. The van der Waals surface area contributed by atoms with Crippen LogP contribution in [-0.4, -0.2) is 23.9 Å². The third kappa shape index (κ3) is 4.25. The van der Waals surface area contributed by atoms with Gasteiger partial charge in [-0.1, -0.05) is 60.7 Å². The van der Waals surface area contributed by atoms with Crippen LogP contribution >= 0.6 is 0 Å². The number of carbonyl (C=O) groups is 1. The van der Waals surface area contributed by atoms with Crippen molar-refractivity contribution in [3.05, 3.63) is 71.8 Å². The fourth-order valence-electron chi connectivity index (χ4n) is 3.80. The number of amides is 1. The number of nitrogens with zero attached hydrogens (tertiary/aromatic N) is 1. The van der Waals surface area contributed by atoms with E-state index in [2.05, 4.69) is 42.5 Å². The standard InChI is InChI=1S/C22H27NO/c1-23(22(24)17-12-18-8-4-2-5-9-18)21-15-13-20(14-16-21)19-10-6-3-7-11-19/h2-11,20-21H,12-17H2,1H3. The van der Waals surface area contributed by atoms with E-state index < -0.39 is 0 Å². The Morgan fingerprint density at radius 1 is 0.917 bits per heavy atom. The molecule has 2 nitrogen and oxygen atoms in total. The van der Waals surface area contributed by atoms with E-state index >= 15 is 0 Å². The predicted octanol–water partition coefficient (Wildman–Crippen LogP) is 4.80. The Kier molecular flexibility index (Phi) is 5.68. The van der Waals surface area contributed by atoms with E-state index in [-0.39, 0.29) is 5.91 Å². The molecular weight excluding hydrogens is 294 g/mol. The van der Waals surface area contributed by atoms with Gasteiger partial charge in [0, 0.05) is 19.5 Å². The monoisotopic (exact) mass is 321 g/mol. The Morgan fingerprint density at radius 2 is 1.50 bits per heavy atom. The lowest BCUT2D eigenvalue weighted by atomic mass is 9.81. The van der Waals surface area contributed by atoms with E-state index in [1.165, 1.54) is 24.0 Å². The first-order valence-electron chi connectivity index (χ1n) is 9.08. The minimum absolute atomic E-state index is 0.280. The van der Waals surface area contributed by atoms with Crippen LogP contribution in [0.15, 0.2) is 60.7 Å². The Morgan fingerprint density at radius 3 is 2.12 bits per heavy atom. The molecule has 2 aromatic carbocycles. The summed E-state index contributed by atoms with van der Waals surface area (Å²) in [4.78, 5) is 14.5. The molecule has 2 aromatic rings. The van der Waals surface area contributed by atoms with E-state index in [9.17, 15) is 4.79 Å². The van der Waals surface area contributed by atoms with Crippen molar-refractivity contribution in [3.8, 4) is 0 Å². The molecule has 0 unspecified atom stereocenters. The van der Waals surface area contributed by atoms with Crippen LogP contribution in [-0.2, 0) is 11.2 Å². The van der Waals surface area contributed by atoms with Crippen molar-refractivity contribution in [2.45, 2.75) is 50.5 Å². The molecule has 126 valence electrons. The molecule has 3 rings (SSSR count). The largest absolute Gasteiger partial charge is 0.343 e. The molecule has 0 aromatic heterocycles. The van der Waals surface area contributed by atoms with Gasteiger partial charge in [0.2, 0.25) is 5.91 Å².